The van der Waals surface area contributed by atoms with Gasteiger partial charge in [-0.05, 0) is 13.2 Å². The number of ketones is 1. The molecule has 0 aromatic carbocycles. The van der Waals surface area contributed by atoms with Crippen LogP contribution in [-0.2, 0) is 4.79 Å². The fourth-order valence-electron chi connectivity index (χ4n) is 2.31. The highest BCUT2D eigenvalue weighted by atomic mass is 16.2. The number of Topliss-reactive ketones (excluding diaryl/α,β-unsaturated/α-hetero) is 1. The van der Waals surface area contributed by atoms with Gasteiger partial charge in [0.25, 0.3) is 0 Å². The van der Waals surface area contributed by atoms with Crippen LogP contribution in [0.4, 0.5) is 0 Å². The van der Waals surface area contributed by atoms with E-state index in [0.29, 0.717) is 30.7 Å². The lowest BCUT2D eigenvalue weighted by Crippen LogP contribution is -2.65. The Morgan fingerprint density at radius 2 is 2.09 bits per heavy atom. The molecule has 4 heteroatoms. The van der Waals surface area contributed by atoms with E-state index in [0.717, 1.165) is 6.42 Å². The standard InChI is InChI=1S/C7H12BNO2/c1-8(11)9-5-2-6(9)4-7(10)3-5/h5-6,11H,2-4H2,1H3. The van der Waals surface area contributed by atoms with E-state index in [9.17, 15) is 9.82 Å². The third kappa shape index (κ3) is 1.01. The van der Waals surface area contributed by atoms with Gasteiger partial charge in [0.1, 0.15) is 5.78 Å². The molecule has 1 saturated carbocycles. The van der Waals surface area contributed by atoms with Gasteiger partial charge in [-0.1, -0.05) is 0 Å². The normalized spacial score (nSPS) is 36.7. The van der Waals surface area contributed by atoms with Crippen molar-refractivity contribution in [1.82, 2.24) is 4.81 Å². The van der Waals surface area contributed by atoms with Crippen LogP contribution in [0.25, 0.3) is 0 Å². The fraction of sp³-hybridized carbons (Fsp3) is 0.857. The maximum atomic E-state index is 11.0. The molecule has 11 heavy (non-hydrogen) atoms. The lowest BCUT2D eigenvalue weighted by molar-refractivity contribution is -0.129. The molecule has 1 aliphatic carbocycles. The molecular weight excluding hydrogens is 141 g/mol. The van der Waals surface area contributed by atoms with Gasteiger partial charge in [-0.25, -0.2) is 0 Å². The number of nitrogens with zero attached hydrogens (tertiary/aromatic N) is 1. The number of fused-ring (bicyclic) bond motifs is 2. The molecule has 2 aliphatic heterocycles. The minimum absolute atomic E-state index is 0.348. The van der Waals surface area contributed by atoms with Gasteiger partial charge in [0.05, 0.1) is 0 Å². The summed E-state index contributed by atoms with van der Waals surface area (Å²) in [4.78, 5) is 13.0. The first-order valence-electron chi connectivity index (χ1n) is 4.15. The predicted octanol–water partition coefficient (Wildman–Crippen LogP) is -0.0975. The smallest absolute Gasteiger partial charge is 0.376 e. The minimum atomic E-state index is -0.369. The highest BCUT2D eigenvalue weighted by Gasteiger charge is 2.47. The van der Waals surface area contributed by atoms with Crippen molar-refractivity contribution in [3.05, 3.63) is 0 Å². The van der Waals surface area contributed by atoms with E-state index >= 15 is 0 Å². The summed E-state index contributed by atoms with van der Waals surface area (Å²) < 4.78 is 0. The topological polar surface area (TPSA) is 40.5 Å². The molecule has 0 aromatic heterocycles. The number of hydrogen-bond acceptors (Lipinski definition) is 3. The molecule has 2 heterocycles. The molecule has 2 atom stereocenters. The molecular formula is C7H12BNO2. The lowest BCUT2D eigenvalue weighted by atomic mass is 9.67. The van der Waals surface area contributed by atoms with E-state index in [1.165, 1.54) is 0 Å². The summed E-state index contributed by atoms with van der Waals surface area (Å²) in [5.74, 6) is 0.364. The summed E-state index contributed by atoms with van der Waals surface area (Å²) in [7, 11) is -0.369. The van der Waals surface area contributed by atoms with Crippen LogP contribution in [0.3, 0.4) is 0 Å². The van der Waals surface area contributed by atoms with Gasteiger partial charge in [0.2, 0.25) is 0 Å². The predicted molar refractivity (Wildman–Crippen MR) is 42.1 cm³/mol. The van der Waals surface area contributed by atoms with Crippen molar-refractivity contribution in [3.63, 3.8) is 0 Å². The Balaban J connectivity index is 2.04. The number of hydrogen-bond donors (Lipinski definition) is 1. The van der Waals surface area contributed by atoms with Gasteiger partial charge in [-0.15, -0.1) is 0 Å². The van der Waals surface area contributed by atoms with E-state index in [2.05, 4.69) is 0 Å². The largest absolute Gasteiger partial charge is 0.437 e. The Hall–Kier alpha value is -0.345. The Labute approximate surface area is 66.5 Å². The highest BCUT2D eigenvalue weighted by molar-refractivity contribution is 6.45. The summed E-state index contributed by atoms with van der Waals surface area (Å²) in [6.07, 6.45) is 2.42. The minimum Gasteiger partial charge on any atom is -0.437 e. The maximum absolute atomic E-state index is 11.0. The molecule has 3 aliphatic rings. The summed E-state index contributed by atoms with van der Waals surface area (Å²) in [6.45, 7) is 1.77. The van der Waals surface area contributed by atoms with Crippen LogP contribution in [0, 0.1) is 0 Å². The average Bonchev–Trinajstić information content (AvgIpc) is 1.84. The molecule has 1 N–H and O–H groups in total. The van der Waals surface area contributed by atoms with Gasteiger partial charge < -0.3 is 9.83 Å². The van der Waals surface area contributed by atoms with Crippen LogP contribution in [0.2, 0.25) is 6.82 Å². The zero-order chi connectivity index (χ0) is 8.01. The van der Waals surface area contributed by atoms with Crippen molar-refractivity contribution in [3.8, 4) is 0 Å². The molecule has 3 rings (SSSR count). The molecule has 0 aromatic rings. The number of carbonyl (C=O) groups excluding carboxylic acids is 1. The number of piperidine rings is 1. The summed E-state index contributed by atoms with van der Waals surface area (Å²) in [6, 6.07) is 0.697. The van der Waals surface area contributed by atoms with Crippen LogP contribution in [-0.4, -0.2) is 34.8 Å². The van der Waals surface area contributed by atoms with Gasteiger partial charge in [-0.2, -0.15) is 0 Å². The SMILES string of the molecule is CB(O)N1C2CC(=O)CC1C2. The van der Waals surface area contributed by atoms with E-state index in [4.69, 9.17) is 0 Å². The van der Waals surface area contributed by atoms with E-state index < -0.39 is 0 Å². The molecule has 2 saturated heterocycles. The van der Waals surface area contributed by atoms with Crippen LogP contribution in [0.5, 0.6) is 0 Å². The Morgan fingerprint density at radius 1 is 1.55 bits per heavy atom. The first kappa shape index (κ1) is 7.31. The van der Waals surface area contributed by atoms with Crippen molar-refractivity contribution in [1.29, 1.82) is 0 Å². The number of carbonyl (C=O) groups is 1. The van der Waals surface area contributed by atoms with Crippen LogP contribution in [0.15, 0.2) is 0 Å². The van der Waals surface area contributed by atoms with Gasteiger partial charge in [0, 0.05) is 24.9 Å². The van der Waals surface area contributed by atoms with Gasteiger partial charge in [-0.3, -0.25) is 4.79 Å². The second-order valence-corrected chi connectivity index (χ2v) is 3.57. The Kier molecular flexibility index (Phi) is 1.54. The summed E-state index contributed by atoms with van der Waals surface area (Å²) in [5.41, 5.74) is 0. The van der Waals surface area contributed by atoms with Crippen LogP contribution in [0.1, 0.15) is 19.3 Å². The third-order valence-electron chi connectivity index (χ3n) is 2.75. The lowest BCUT2D eigenvalue weighted by Gasteiger charge is -2.53. The highest BCUT2D eigenvalue weighted by Crippen LogP contribution is 2.36. The zero-order valence-electron chi connectivity index (χ0n) is 6.66. The van der Waals surface area contributed by atoms with Crippen LogP contribution >= 0.6 is 0 Å². The van der Waals surface area contributed by atoms with E-state index in [-0.39, 0.29) is 7.05 Å². The van der Waals surface area contributed by atoms with Crippen molar-refractivity contribution >= 4 is 12.8 Å². The zero-order valence-corrected chi connectivity index (χ0v) is 6.66. The molecule has 2 unspecified atom stereocenters. The Morgan fingerprint density at radius 3 is 2.55 bits per heavy atom. The molecule has 0 spiro atoms. The second kappa shape index (κ2) is 2.32. The van der Waals surface area contributed by atoms with Gasteiger partial charge >= 0.3 is 7.05 Å². The molecule has 0 radical (unpaired) electrons. The molecule has 3 fully saturated rings. The fourth-order valence-corrected chi connectivity index (χ4v) is 2.31. The molecule has 3 nitrogen and oxygen atoms in total. The van der Waals surface area contributed by atoms with Crippen LogP contribution < -0.4 is 0 Å². The van der Waals surface area contributed by atoms with Gasteiger partial charge in [0.15, 0.2) is 0 Å². The van der Waals surface area contributed by atoms with Crippen molar-refractivity contribution in [2.75, 3.05) is 0 Å². The Bertz CT molecular complexity index is 181. The molecule has 60 valence electrons. The second-order valence-electron chi connectivity index (χ2n) is 3.57. The molecule has 0 amide bonds. The molecule has 2 bridgehead atoms. The van der Waals surface area contributed by atoms with Crippen molar-refractivity contribution < 1.29 is 9.82 Å². The summed E-state index contributed by atoms with van der Waals surface area (Å²) in [5, 5.41) is 9.28. The van der Waals surface area contributed by atoms with Crippen molar-refractivity contribution in [2.45, 2.75) is 38.2 Å². The monoisotopic (exact) mass is 153 g/mol. The third-order valence-corrected chi connectivity index (χ3v) is 2.75. The van der Waals surface area contributed by atoms with Crippen molar-refractivity contribution in [2.24, 2.45) is 0 Å². The van der Waals surface area contributed by atoms with E-state index in [1.807, 2.05) is 4.81 Å². The number of rotatable bonds is 1. The quantitative estimate of drug-likeness (QED) is 0.535. The summed E-state index contributed by atoms with van der Waals surface area (Å²) >= 11 is 0. The van der Waals surface area contributed by atoms with E-state index in [1.54, 1.807) is 6.82 Å². The maximum Gasteiger partial charge on any atom is 0.376 e. The first-order valence-corrected chi connectivity index (χ1v) is 4.15. The average molecular weight is 153 g/mol. The first-order chi connectivity index (χ1) is 5.18.